The van der Waals surface area contributed by atoms with Gasteiger partial charge in [-0.15, -0.1) is 0 Å². The Kier molecular flexibility index (Phi) is 3.93. The Bertz CT molecular complexity index is 1020. The molecule has 0 amide bonds. The van der Waals surface area contributed by atoms with Crippen LogP contribution in [0.2, 0.25) is 0 Å². The number of fused-ring (bicyclic) bond motifs is 3. The third-order valence-electron chi connectivity index (χ3n) is 4.28. The molecule has 1 aliphatic heterocycles. The lowest BCUT2D eigenvalue weighted by atomic mass is 10.0. The molecule has 1 aromatic heterocycles. The van der Waals surface area contributed by atoms with Gasteiger partial charge in [0.25, 0.3) is 0 Å². The van der Waals surface area contributed by atoms with Crippen LogP contribution in [0.1, 0.15) is 11.7 Å². The van der Waals surface area contributed by atoms with E-state index in [0.29, 0.717) is 16.7 Å². The molecule has 4 rings (SSSR count). The highest BCUT2D eigenvalue weighted by molar-refractivity contribution is 5.85. The molecule has 26 heavy (non-hydrogen) atoms. The fourth-order valence-corrected chi connectivity index (χ4v) is 3.01. The molecule has 0 saturated carbocycles. The normalized spacial score (nSPS) is 18.7. The third kappa shape index (κ3) is 2.62. The van der Waals surface area contributed by atoms with Crippen LogP contribution in [0.5, 0.6) is 23.0 Å². The predicted octanol–water partition coefficient (Wildman–Crippen LogP) is 2.38. The molecule has 0 bridgehead atoms. The molecule has 2 N–H and O–H groups in total. The SMILES string of the molecule is COc1cc([C@@H]2Oc3ccc4ccc(=O)oc4c3O[C@H]2CO)ccc1O. The maximum absolute atomic E-state index is 11.6. The molecular formula is C19H16O7. The maximum Gasteiger partial charge on any atom is 0.336 e. The molecule has 2 aromatic carbocycles. The zero-order chi connectivity index (χ0) is 18.3. The van der Waals surface area contributed by atoms with E-state index < -0.39 is 17.8 Å². The van der Waals surface area contributed by atoms with Crippen LogP contribution in [-0.2, 0) is 0 Å². The van der Waals surface area contributed by atoms with Crippen molar-refractivity contribution >= 4 is 11.0 Å². The minimum Gasteiger partial charge on any atom is -0.504 e. The summed E-state index contributed by atoms with van der Waals surface area (Å²) in [6.07, 6.45) is -1.36. The molecule has 0 fully saturated rings. The minimum absolute atomic E-state index is 0.00157. The Hall–Kier alpha value is -3.19. The van der Waals surface area contributed by atoms with Gasteiger partial charge in [0.15, 0.2) is 35.0 Å². The van der Waals surface area contributed by atoms with Crippen LogP contribution in [0.3, 0.4) is 0 Å². The van der Waals surface area contributed by atoms with Crippen LogP contribution < -0.4 is 19.8 Å². The van der Waals surface area contributed by atoms with E-state index >= 15 is 0 Å². The lowest BCUT2D eigenvalue weighted by molar-refractivity contribution is -0.0118. The first kappa shape index (κ1) is 16.3. The number of aliphatic hydroxyl groups is 1. The number of hydrogen-bond acceptors (Lipinski definition) is 7. The van der Waals surface area contributed by atoms with Gasteiger partial charge in [-0.25, -0.2) is 4.79 Å². The van der Waals surface area contributed by atoms with Crippen LogP contribution in [0.4, 0.5) is 0 Å². The number of methoxy groups -OCH3 is 1. The summed E-state index contributed by atoms with van der Waals surface area (Å²) in [5, 5.41) is 20.2. The van der Waals surface area contributed by atoms with Crippen molar-refractivity contribution < 1.29 is 28.8 Å². The largest absolute Gasteiger partial charge is 0.504 e. The van der Waals surface area contributed by atoms with Crippen molar-refractivity contribution in [1.29, 1.82) is 0 Å². The van der Waals surface area contributed by atoms with Crippen molar-refractivity contribution in [3.8, 4) is 23.0 Å². The summed E-state index contributed by atoms with van der Waals surface area (Å²) in [5.41, 5.74) is 0.439. The highest BCUT2D eigenvalue weighted by Crippen LogP contribution is 2.44. The van der Waals surface area contributed by atoms with Crippen molar-refractivity contribution in [2.45, 2.75) is 12.2 Å². The summed E-state index contributed by atoms with van der Waals surface area (Å²) in [6.45, 7) is -0.319. The Morgan fingerprint density at radius 1 is 1.12 bits per heavy atom. The quantitative estimate of drug-likeness (QED) is 0.695. The Morgan fingerprint density at radius 2 is 1.92 bits per heavy atom. The lowest BCUT2D eigenvalue weighted by Crippen LogP contribution is -2.36. The monoisotopic (exact) mass is 356 g/mol. The fraction of sp³-hybridized carbons (Fsp3) is 0.211. The van der Waals surface area contributed by atoms with Crippen LogP contribution in [0, 0.1) is 0 Å². The third-order valence-corrected chi connectivity index (χ3v) is 4.28. The van der Waals surface area contributed by atoms with Crippen LogP contribution >= 0.6 is 0 Å². The van der Waals surface area contributed by atoms with Gasteiger partial charge >= 0.3 is 5.63 Å². The molecule has 3 aromatic rings. The van der Waals surface area contributed by atoms with Crippen LogP contribution in [-0.4, -0.2) is 30.0 Å². The molecule has 0 saturated heterocycles. The first-order valence-corrected chi connectivity index (χ1v) is 7.98. The average Bonchev–Trinajstić information content (AvgIpc) is 2.67. The standard InChI is InChI=1S/C19H16O7/c1-23-14-8-11(2-5-12(14)21)17-15(9-20)25-19-13(24-17)6-3-10-4-7-16(22)26-18(10)19/h2-8,15,17,20-21H,9H2,1H3/t15-,17-/m0/s1. The summed E-state index contributed by atoms with van der Waals surface area (Å²) >= 11 is 0. The topological polar surface area (TPSA) is 98.4 Å². The van der Waals surface area contributed by atoms with Gasteiger partial charge in [-0.3, -0.25) is 0 Å². The first-order valence-electron chi connectivity index (χ1n) is 7.98. The second-order valence-electron chi connectivity index (χ2n) is 5.87. The van der Waals surface area contributed by atoms with E-state index in [1.54, 1.807) is 30.3 Å². The van der Waals surface area contributed by atoms with Crippen molar-refractivity contribution in [2.75, 3.05) is 13.7 Å². The van der Waals surface area contributed by atoms with Gasteiger partial charge in [-0.2, -0.15) is 0 Å². The van der Waals surface area contributed by atoms with E-state index in [1.165, 1.54) is 19.2 Å². The van der Waals surface area contributed by atoms with Gasteiger partial charge in [0.1, 0.15) is 0 Å². The lowest BCUT2D eigenvalue weighted by Gasteiger charge is -2.33. The van der Waals surface area contributed by atoms with Crippen molar-refractivity contribution in [3.63, 3.8) is 0 Å². The summed E-state index contributed by atoms with van der Waals surface area (Å²) in [6, 6.07) is 11.2. The van der Waals surface area contributed by atoms with Crippen LogP contribution in [0.15, 0.2) is 51.7 Å². The number of benzene rings is 2. The molecular weight excluding hydrogens is 340 g/mol. The van der Waals surface area contributed by atoms with Gasteiger partial charge in [-0.1, -0.05) is 6.07 Å². The van der Waals surface area contributed by atoms with Gasteiger partial charge in [0.2, 0.25) is 5.75 Å². The molecule has 0 radical (unpaired) electrons. The number of rotatable bonds is 3. The molecule has 7 nitrogen and oxygen atoms in total. The van der Waals surface area contributed by atoms with Crippen molar-refractivity contribution in [3.05, 3.63) is 58.4 Å². The molecule has 0 spiro atoms. The Morgan fingerprint density at radius 3 is 2.69 bits per heavy atom. The van der Waals surface area contributed by atoms with Crippen molar-refractivity contribution in [1.82, 2.24) is 0 Å². The highest BCUT2D eigenvalue weighted by Gasteiger charge is 2.34. The number of phenolic OH excluding ortho intramolecular Hbond substituents is 1. The summed E-state index contributed by atoms with van der Waals surface area (Å²) < 4.78 is 22.3. The van der Waals surface area contributed by atoms with E-state index in [2.05, 4.69) is 0 Å². The Labute approximate surface area is 148 Å². The molecule has 1 aliphatic rings. The number of aliphatic hydroxyl groups excluding tert-OH is 1. The molecule has 0 unspecified atom stereocenters. The maximum atomic E-state index is 11.6. The van der Waals surface area contributed by atoms with Crippen molar-refractivity contribution in [2.24, 2.45) is 0 Å². The van der Waals surface area contributed by atoms with Gasteiger partial charge < -0.3 is 28.8 Å². The molecule has 134 valence electrons. The van der Waals surface area contributed by atoms with Gasteiger partial charge in [0.05, 0.1) is 13.7 Å². The smallest absolute Gasteiger partial charge is 0.336 e. The second-order valence-corrected chi connectivity index (χ2v) is 5.87. The number of ether oxygens (including phenoxy) is 3. The Balaban J connectivity index is 1.80. The molecule has 2 heterocycles. The van der Waals surface area contributed by atoms with Crippen LogP contribution in [0.25, 0.3) is 11.0 Å². The summed E-state index contributed by atoms with van der Waals surface area (Å²) in [5.74, 6) is 0.967. The fourth-order valence-electron chi connectivity index (χ4n) is 3.01. The van der Waals surface area contributed by atoms with E-state index in [1.807, 2.05) is 0 Å². The van der Waals surface area contributed by atoms with E-state index in [-0.39, 0.29) is 29.4 Å². The number of phenols is 1. The zero-order valence-corrected chi connectivity index (χ0v) is 13.8. The van der Waals surface area contributed by atoms with E-state index in [0.717, 1.165) is 0 Å². The predicted molar refractivity (Wildman–Crippen MR) is 92.0 cm³/mol. The molecule has 0 aliphatic carbocycles. The molecule has 7 heteroatoms. The minimum atomic E-state index is -0.729. The molecule has 2 atom stereocenters. The van der Waals surface area contributed by atoms with Gasteiger partial charge in [-0.05, 0) is 30.3 Å². The van der Waals surface area contributed by atoms with E-state index in [9.17, 15) is 15.0 Å². The van der Waals surface area contributed by atoms with Gasteiger partial charge in [0, 0.05) is 17.0 Å². The summed E-state index contributed by atoms with van der Waals surface area (Å²) in [7, 11) is 1.45. The second kappa shape index (κ2) is 6.27. The summed E-state index contributed by atoms with van der Waals surface area (Å²) in [4.78, 5) is 11.6. The average molecular weight is 356 g/mol. The highest BCUT2D eigenvalue weighted by atomic mass is 16.6. The first-order chi connectivity index (χ1) is 12.6. The van der Waals surface area contributed by atoms with E-state index in [4.69, 9.17) is 18.6 Å². The number of aromatic hydroxyl groups is 1. The zero-order valence-electron chi connectivity index (χ0n) is 13.8. The number of hydrogen-bond donors (Lipinski definition) is 2.